The summed E-state index contributed by atoms with van der Waals surface area (Å²) in [7, 11) is 2.08. The summed E-state index contributed by atoms with van der Waals surface area (Å²) < 4.78 is 20.5. The molecule has 5 heterocycles. The molecule has 1 aliphatic carbocycles. The van der Waals surface area contributed by atoms with Gasteiger partial charge in [-0.1, -0.05) is 37.1 Å². The molecule has 1 atom stereocenters. The Morgan fingerprint density at radius 1 is 0.724 bits per heavy atom. The Morgan fingerprint density at radius 2 is 1.50 bits per heavy atom. The minimum atomic E-state index is -0.985. The lowest BCUT2D eigenvalue weighted by Crippen LogP contribution is -2.54. The molecule has 58 heavy (non-hydrogen) atoms. The molecule has 1 N–H and O–H groups in total. The third-order valence-electron chi connectivity index (χ3n) is 11.5. The molecule has 4 amide bonds. The molecule has 9 rings (SSSR count). The van der Waals surface area contributed by atoms with Gasteiger partial charge in [0.05, 0.1) is 23.3 Å². The first-order chi connectivity index (χ1) is 28.3. The van der Waals surface area contributed by atoms with Gasteiger partial charge in [0.25, 0.3) is 11.8 Å². The van der Waals surface area contributed by atoms with Gasteiger partial charge in [0, 0.05) is 72.8 Å². The van der Waals surface area contributed by atoms with E-state index in [0.29, 0.717) is 18.2 Å². The molecule has 2 fully saturated rings. The van der Waals surface area contributed by atoms with Gasteiger partial charge in [-0.15, -0.1) is 0 Å². The Kier molecular flexibility index (Phi) is 10.1. The van der Waals surface area contributed by atoms with E-state index in [1.807, 2.05) is 42.9 Å². The third kappa shape index (κ3) is 7.37. The summed E-state index contributed by atoms with van der Waals surface area (Å²) in [5.41, 5.74) is 6.20. The molecule has 12 nitrogen and oxygen atoms in total. The van der Waals surface area contributed by atoms with Crippen LogP contribution in [0.3, 0.4) is 0 Å². The molecule has 0 spiro atoms. The molecule has 6 aromatic rings. The number of fused-ring (bicyclic) bond motifs is 4. The van der Waals surface area contributed by atoms with Crippen LogP contribution in [0.1, 0.15) is 77.6 Å². The molecule has 1 saturated carbocycles. The molecule has 0 radical (unpaired) electrons. The van der Waals surface area contributed by atoms with Crippen LogP contribution >= 0.6 is 0 Å². The topological polar surface area (TPSA) is 142 Å². The summed E-state index contributed by atoms with van der Waals surface area (Å²) in [6, 6.07) is 24.7. The minimum absolute atomic E-state index is 0.0786. The maximum atomic E-state index is 13.1. The Morgan fingerprint density at radius 3 is 2.31 bits per heavy atom. The van der Waals surface area contributed by atoms with Gasteiger partial charge in [-0.3, -0.25) is 34.4 Å². The third-order valence-corrected chi connectivity index (χ3v) is 11.5. The van der Waals surface area contributed by atoms with Crippen molar-refractivity contribution < 1.29 is 33.4 Å². The van der Waals surface area contributed by atoms with Crippen LogP contribution in [0.25, 0.3) is 32.9 Å². The zero-order valence-electron chi connectivity index (χ0n) is 32.2. The van der Waals surface area contributed by atoms with Crippen molar-refractivity contribution in [2.75, 3.05) is 6.61 Å². The number of hydrogen-bond acceptors (Lipinski definition) is 9. The summed E-state index contributed by atoms with van der Waals surface area (Å²) in [5.74, 6) is -0.0936. The standard InChI is InChI=1S/C46H43N5O7/c1-50-39-19-20-47-27-38(39)35-14-9-29(22-41(35)50)30-10-18-43(48-26-30)58-34-23-33(24-34)57-31-11-7-28(8-12-31)6-4-2-3-5-21-56-32-13-15-36-37(25-32)46(55)51(45(36)54)40-16-17-42(52)49-44(40)53/h7-15,18-20,22,25-27,33-34,40H,2-6,16-17,21,23-24H2,1H3,(H,49,52,53)/t33-,34-,40?. The van der Waals surface area contributed by atoms with Crippen molar-refractivity contribution in [1.29, 1.82) is 0 Å². The number of hydrogen-bond donors (Lipinski definition) is 1. The van der Waals surface area contributed by atoms with Crippen molar-refractivity contribution in [3.8, 4) is 28.5 Å². The number of nitrogens with one attached hydrogen (secondary N) is 1. The second-order valence-corrected chi connectivity index (χ2v) is 15.3. The van der Waals surface area contributed by atoms with Gasteiger partial charge < -0.3 is 18.8 Å². The molecule has 1 unspecified atom stereocenters. The zero-order chi connectivity index (χ0) is 39.8. The highest BCUT2D eigenvalue weighted by Crippen LogP contribution is 2.34. The summed E-state index contributed by atoms with van der Waals surface area (Å²) in [6.07, 6.45) is 12.6. The van der Waals surface area contributed by atoms with Crippen LogP contribution in [-0.4, -0.2) is 67.9 Å². The van der Waals surface area contributed by atoms with Gasteiger partial charge in [-0.2, -0.15) is 0 Å². The fourth-order valence-corrected chi connectivity index (χ4v) is 8.18. The highest BCUT2D eigenvalue weighted by molar-refractivity contribution is 6.23. The lowest BCUT2D eigenvalue weighted by Gasteiger charge is -2.35. The number of unbranched alkanes of at least 4 members (excludes halogenated alkanes) is 3. The van der Waals surface area contributed by atoms with Crippen LogP contribution in [0.15, 0.2) is 97.5 Å². The van der Waals surface area contributed by atoms with E-state index >= 15 is 0 Å². The monoisotopic (exact) mass is 777 g/mol. The van der Waals surface area contributed by atoms with Crippen molar-refractivity contribution in [2.24, 2.45) is 7.05 Å². The molecular weight excluding hydrogens is 735 g/mol. The largest absolute Gasteiger partial charge is 0.494 e. The second-order valence-electron chi connectivity index (χ2n) is 15.3. The minimum Gasteiger partial charge on any atom is -0.494 e. The SMILES string of the molecule is Cn1c2ccncc2c2ccc(-c3ccc(O[C@H]4C[C@H](Oc5ccc(CCCCCCOc6ccc7c(c6)C(=O)N(C6CCC(=O)NC6=O)C7=O)cc5)C4)nc3)cc21. The Bertz CT molecular complexity index is 2540. The maximum Gasteiger partial charge on any atom is 0.262 e. The predicted molar refractivity (Wildman–Crippen MR) is 217 cm³/mol. The molecular formula is C46H43N5O7. The Labute approximate surface area is 335 Å². The second kappa shape index (κ2) is 15.8. The van der Waals surface area contributed by atoms with Crippen molar-refractivity contribution in [3.63, 3.8) is 0 Å². The number of nitrogens with zero attached hydrogens (tertiary/aromatic N) is 4. The average molecular weight is 778 g/mol. The first kappa shape index (κ1) is 37.0. The van der Waals surface area contributed by atoms with E-state index in [9.17, 15) is 19.2 Å². The molecule has 3 aromatic heterocycles. The smallest absolute Gasteiger partial charge is 0.262 e. The molecule has 2 aliphatic heterocycles. The zero-order valence-corrected chi connectivity index (χ0v) is 32.2. The molecule has 3 aromatic carbocycles. The van der Waals surface area contributed by atoms with Crippen molar-refractivity contribution >= 4 is 45.4 Å². The van der Waals surface area contributed by atoms with E-state index in [2.05, 4.69) is 63.3 Å². The Balaban J connectivity index is 0.664. The number of imide groups is 2. The van der Waals surface area contributed by atoms with Crippen LogP contribution < -0.4 is 19.5 Å². The molecule has 0 bridgehead atoms. The fourth-order valence-electron chi connectivity index (χ4n) is 8.18. The molecule has 12 heteroatoms. The van der Waals surface area contributed by atoms with Gasteiger partial charge in [0.1, 0.15) is 29.7 Å². The molecule has 1 saturated heterocycles. The van der Waals surface area contributed by atoms with Crippen molar-refractivity contribution in [2.45, 2.75) is 76.0 Å². The van der Waals surface area contributed by atoms with E-state index in [4.69, 9.17) is 14.2 Å². The average Bonchev–Trinajstić information content (AvgIpc) is 3.65. The maximum absolute atomic E-state index is 13.1. The van der Waals surface area contributed by atoms with Gasteiger partial charge in [0.15, 0.2) is 0 Å². The summed E-state index contributed by atoms with van der Waals surface area (Å²) >= 11 is 0. The van der Waals surface area contributed by atoms with Crippen LogP contribution in [-0.2, 0) is 23.1 Å². The number of aryl methyl sites for hydroxylation is 2. The number of pyridine rings is 2. The quantitative estimate of drug-likeness (QED) is 0.0887. The number of aromatic nitrogens is 3. The number of amides is 4. The lowest BCUT2D eigenvalue weighted by atomic mass is 9.92. The van der Waals surface area contributed by atoms with Gasteiger partial charge >= 0.3 is 0 Å². The Hall–Kier alpha value is -6.56. The van der Waals surface area contributed by atoms with Crippen LogP contribution in [0.2, 0.25) is 0 Å². The fraction of sp³-hybridized carbons (Fsp3) is 0.304. The summed E-state index contributed by atoms with van der Waals surface area (Å²) in [6.45, 7) is 0.488. The van der Waals surface area contributed by atoms with Crippen LogP contribution in [0.5, 0.6) is 17.4 Å². The van der Waals surface area contributed by atoms with Crippen molar-refractivity contribution in [3.05, 3.63) is 114 Å². The van der Waals surface area contributed by atoms with Crippen molar-refractivity contribution in [1.82, 2.24) is 24.8 Å². The number of rotatable bonds is 14. The lowest BCUT2D eigenvalue weighted by molar-refractivity contribution is -0.136. The normalized spacial score (nSPS) is 19.0. The van der Waals surface area contributed by atoms with E-state index in [0.717, 1.165) is 83.1 Å². The van der Waals surface area contributed by atoms with E-state index in [-0.39, 0.29) is 36.2 Å². The summed E-state index contributed by atoms with van der Waals surface area (Å²) in [4.78, 5) is 59.7. The van der Waals surface area contributed by atoms with Crippen LogP contribution in [0.4, 0.5) is 0 Å². The molecule has 3 aliphatic rings. The van der Waals surface area contributed by atoms with Crippen LogP contribution in [0, 0.1) is 0 Å². The first-order valence-corrected chi connectivity index (χ1v) is 20.0. The van der Waals surface area contributed by atoms with E-state index in [1.54, 1.807) is 18.2 Å². The number of benzene rings is 3. The van der Waals surface area contributed by atoms with E-state index in [1.165, 1.54) is 10.9 Å². The highest BCUT2D eigenvalue weighted by atomic mass is 16.5. The van der Waals surface area contributed by atoms with E-state index < -0.39 is 29.7 Å². The number of carbonyl (C=O) groups excluding carboxylic acids is 4. The van der Waals surface area contributed by atoms with Gasteiger partial charge in [-0.25, -0.2) is 4.98 Å². The van der Waals surface area contributed by atoms with Gasteiger partial charge in [-0.05, 0) is 85.3 Å². The predicted octanol–water partition coefficient (Wildman–Crippen LogP) is 7.36. The molecule has 294 valence electrons. The number of ether oxygens (including phenoxy) is 3. The number of carbonyl (C=O) groups is 4. The first-order valence-electron chi connectivity index (χ1n) is 20.0. The van der Waals surface area contributed by atoms with Gasteiger partial charge in [0.2, 0.25) is 17.7 Å². The number of piperidine rings is 1. The highest BCUT2D eigenvalue weighted by Gasteiger charge is 2.44. The summed E-state index contributed by atoms with van der Waals surface area (Å²) in [5, 5.41) is 4.55.